The fourth-order valence-electron chi connectivity index (χ4n) is 3.90. The van der Waals surface area contributed by atoms with Crippen molar-refractivity contribution in [1.29, 1.82) is 0 Å². The van der Waals surface area contributed by atoms with E-state index in [0.29, 0.717) is 0 Å². The summed E-state index contributed by atoms with van der Waals surface area (Å²) in [5.41, 5.74) is 0. The molecule has 14 heteroatoms. The zero-order valence-corrected chi connectivity index (χ0v) is 27.2. The molecular formula is C29H49N4O9P. The summed E-state index contributed by atoms with van der Waals surface area (Å²) >= 11 is 0. The van der Waals surface area contributed by atoms with Crippen LogP contribution in [0, 0.1) is 0 Å². The molecule has 0 aliphatic heterocycles. The smallest absolute Gasteiger partial charge is 0.340 e. The highest BCUT2D eigenvalue weighted by atomic mass is 31.2. The van der Waals surface area contributed by atoms with Gasteiger partial charge in [-0.15, -0.1) is 0 Å². The Morgan fingerprint density at radius 2 is 1.00 bits per heavy atom. The maximum Gasteiger partial charge on any atom is 0.340 e. The van der Waals surface area contributed by atoms with Crippen LogP contribution in [-0.2, 0) is 38.1 Å². The number of nitrogens with one attached hydrogen (secondary N) is 1. The van der Waals surface area contributed by atoms with Gasteiger partial charge in [-0.2, -0.15) is 0 Å². The van der Waals surface area contributed by atoms with Gasteiger partial charge in [-0.05, 0) is 47.1 Å². The molecule has 244 valence electrons. The summed E-state index contributed by atoms with van der Waals surface area (Å²) in [6.45, 7) is 7.32. The Bertz CT molecular complexity index is 969. The lowest BCUT2D eigenvalue weighted by Crippen LogP contribution is -2.39. The van der Waals surface area contributed by atoms with Gasteiger partial charge < -0.3 is 14.7 Å². The number of carbonyl (C=O) groups excluding carboxylic acids is 7. The highest BCUT2D eigenvalue weighted by molar-refractivity contribution is 7.53. The van der Waals surface area contributed by atoms with Crippen LogP contribution in [0.4, 0.5) is 0 Å². The quantitative estimate of drug-likeness (QED) is 0.0861. The van der Waals surface area contributed by atoms with E-state index in [2.05, 4.69) is 5.09 Å². The number of rotatable bonds is 25. The number of amides is 2. The minimum atomic E-state index is -4.28. The lowest BCUT2D eigenvalue weighted by molar-refractivity contribution is -0.133. The Morgan fingerprint density at radius 1 is 0.628 bits per heavy atom. The number of ketones is 5. The number of Topliss-reactive ketones (excluding diaryl/α,β-unsaturated/α-hetero) is 4. The number of nitrogens with zero attached hydrogens (tertiary/aromatic N) is 3. The second-order valence-corrected chi connectivity index (χ2v) is 12.5. The minimum absolute atomic E-state index is 0.0299. The molecule has 2 N–H and O–H groups in total. The van der Waals surface area contributed by atoms with Crippen molar-refractivity contribution in [3.05, 3.63) is 12.2 Å². The van der Waals surface area contributed by atoms with Crippen LogP contribution in [0.25, 0.3) is 0 Å². The summed E-state index contributed by atoms with van der Waals surface area (Å²) in [5, 5.41) is 2.56. The van der Waals surface area contributed by atoms with E-state index in [1.165, 1.54) is 43.6 Å². The third-order valence-corrected chi connectivity index (χ3v) is 8.26. The first-order chi connectivity index (χ1) is 20.1. The van der Waals surface area contributed by atoms with Crippen molar-refractivity contribution in [1.82, 2.24) is 19.6 Å². The van der Waals surface area contributed by atoms with Gasteiger partial charge in [0, 0.05) is 90.8 Å². The van der Waals surface area contributed by atoms with E-state index in [4.69, 9.17) is 0 Å². The topological polar surface area (TPSA) is 179 Å². The Kier molecular flexibility index (Phi) is 20.3. The molecule has 0 saturated carbocycles. The molecule has 1 atom stereocenters. The van der Waals surface area contributed by atoms with Crippen molar-refractivity contribution in [2.75, 3.05) is 45.8 Å². The molecular weight excluding hydrogens is 579 g/mol. The molecule has 0 aromatic rings. The van der Waals surface area contributed by atoms with E-state index in [0.717, 1.165) is 4.67 Å². The largest absolute Gasteiger partial charge is 0.342 e. The lowest BCUT2D eigenvalue weighted by Gasteiger charge is -2.30. The van der Waals surface area contributed by atoms with Crippen molar-refractivity contribution in [3.63, 3.8) is 0 Å². The third kappa shape index (κ3) is 19.9. The van der Waals surface area contributed by atoms with E-state index in [-0.39, 0.29) is 126 Å². The molecule has 0 aliphatic rings. The predicted octanol–water partition coefficient (Wildman–Crippen LogP) is 2.26. The van der Waals surface area contributed by atoms with Crippen LogP contribution in [0.5, 0.6) is 0 Å². The van der Waals surface area contributed by atoms with E-state index < -0.39 is 19.5 Å². The molecule has 0 saturated heterocycles. The Balaban J connectivity index is 5.70. The number of carbonyl (C=O) groups is 7. The van der Waals surface area contributed by atoms with Gasteiger partial charge >= 0.3 is 7.67 Å². The lowest BCUT2D eigenvalue weighted by atomic mass is 10.2. The summed E-state index contributed by atoms with van der Waals surface area (Å²) in [7, 11) is -4.28. The predicted molar refractivity (Wildman–Crippen MR) is 162 cm³/mol. The molecule has 0 fully saturated rings. The Morgan fingerprint density at radius 3 is 1.33 bits per heavy atom. The van der Waals surface area contributed by atoms with Crippen LogP contribution in [0.2, 0.25) is 0 Å². The summed E-state index contributed by atoms with van der Waals surface area (Å²) in [5.74, 6) is -1.47. The molecule has 0 spiro atoms. The highest BCUT2D eigenvalue weighted by Crippen LogP contribution is 2.40. The van der Waals surface area contributed by atoms with Crippen LogP contribution in [0.15, 0.2) is 12.2 Å². The summed E-state index contributed by atoms with van der Waals surface area (Å²) in [6.07, 6.45) is 3.44. The van der Waals surface area contributed by atoms with E-state index in [1.807, 2.05) is 0 Å². The van der Waals surface area contributed by atoms with Gasteiger partial charge in [-0.25, -0.2) is 9.76 Å². The zero-order chi connectivity index (χ0) is 33.0. The van der Waals surface area contributed by atoms with Gasteiger partial charge in [-0.1, -0.05) is 6.08 Å². The standard InChI is InChI=1S/C29H49N4O9P/c1-6-8-27(38)9-7-16-30-43(41,42)33(21-14-28(39)31(17-10-23(2)34)18-11-24(3)35)22-15-29(40)32(19-12-25(4)36)20-13-26(5)37/h6,8H,7,9-22H2,1-5H3,(H2,30,41,42). The molecule has 0 aromatic heterocycles. The molecule has 13 nitrogen and oxygen atoms in total. The van der Waals surface area contributed by atoms with Gasteiger partial charge in [0.2, 0.25) is 11.8 Å². The fourth-order valence-corrected chi connectivity index (χ4v) is 5.29. The highest BCUT2D eigenvalue weighted by Gasteiger charge is 2.30. The second-order valence-electron chi connectivity index (χ2n) is 10.5. The average Bonchev–Trinajstić information content (AvgIpc) is 2.90. The number of hydrogen-bond donors (Lipinski definition) is 2. The van der Waals surface area contributed by atoms with Crippen LogP contribution < -0.4 is 5.09 Å². The van der Waals surface area contributed by atoms with Crippen LogP contribution in [0.3, 0.4) is 0 Å². The van der Waals surface area contributed by atoms with Crippen LogP contribution in [0.1, 0.15) is 86.0 Å². The van der Waals surface area contributed by atoms with Gasteiger partial charge in [-0.3, -0.25) is 38.1 Å². The molecule has 1 unspecified atom stereocenters. The van der Waals surface area contributed by atoms with Crippen LogP contribution >= 0.6 is 7.67 Å². The van der Waals surface area contributed by atoms with Crippen molar-refractivity contribution < 1.29 is 43.0 Å². The monoisotopic (exact) mass is 628 g/mol. The first kappa shape index (κ1) is 40.1. The molecule has 0 bridgehead atoms. The molecule has 0 aliphatic carbocycles. The average molecular weight is 629 g/mol. The van der Waals surface area contributed by atoms with Gasteiger partial charge in [0.15, 0.2) is 5.78 Å². The van der Waals surface area contributed by atoms with Crippen molar-refractivity contribution in [2.24, 2.45) is 0 Å². The molecule has 2 amide bonds. The SMILES string of the molecule is CC=CC(=O)CCCNP(=O)(O)N(CCC(=O)N(CCC(C)=O)CCC(C)=O)CCC(=O)N(CCC(C)=O)CCC(C)=O. The Hall–Kier alpha value is -2.86. The zero-order valence-electron chi connectivity index (χ0n) is 26.3. The molecule has 0 rings (SSSR count). The molecule has 43 heavy (non-hydrogen) atoms. The summed E-state index contributed by atoms with van der Waals surface area (Å²) in [4.78, 5) is 97.4. The summed E-state index contributed by atoms with van der Waals surface area (Å²) < 4.78 is 14.5. The van der Waals surface area contributed by atoms with Crippen molar-refractivity contribution >= 4 is 48.4 Å². The molecule has 0 radical (unpaired) electrons. The number of hydrogen-bond acceptors (Lipinski definition) is 8. The maximum atomic E-state index is 13.4. The van der Waals surface area contributed by atoms with Crippen molar-refractivity contribution in [3.8, 4) is 0 Å². The minimum Gasteiger partial charge on any atom is -0.342 e. The van der Waals surface area contributed by atoms with E-state index in [9.17, 15) is 43.0 Å². The van der Waals surface area contributed by atoms with Crippen molar-refractivity contribution in [2.45, 2.75) is 86.0 Å². The van der Waals surface area contributed by atoms with E-state index >= 15 is 0 Å². The van der Waals surface area contributed by atoms with Crippen LogP contribution in [-0.4, -0.2) is 106 Å². The van der Waals surface area contributed by atoms with E-state index in [1.54, 1.807) is 13.0 Å². The fraction of sp³-hybridized carbons (Fsp3) is 0.690. The van der Waals surface area contributed by atoms with Gasteiger partial charge in [0.1, 0.15) is 23.1 Å². The number of allylic oxidation sites excluding steroid dienone is 2. The van der Waals surface area contributed by atoms with Gasteiger partial charge in [0.25, 0.3) is 0 Å². The van der Waals surface area contributed by atoms with Gasteiger partial charge in [0.05, 0.1) is 0 Å². The Labute approximate surface area is 255 Å². The summed E-state index contributed by atoms with van der Waals surface area (Å²) in [6, 6.07) is 0. The second kappa shape index (κ2) is 21.8. The first-order valence-electron chi connectivity index (χ1n) is 14.6. The normalized spacial score (nSPS) is 12.6. The molecule has 0 heterocycles. The molecule has 0 aromatic carbocycles. The maximum absolute atomic E-state index is 13.4. The third-order valence-electron chi connectivity index (χ3n) is 6.46. The first-order valence-corrected chi connectivity index (χ1v) is 16.2.